The number of hydrogen-bond acceptors (Lipinski definition) is 5. The van der Waals surface area contributed by atoms with Crippen LogP contribution in [0.5, 0.6) is 0 Å². The van der Waals surface area contributed by atoms with Gasteiger partial charge in [-0.15, -0.1) is 0 Å². The highest BCUT2D eigenvalue weighted by Crippen LogP contribution is 2.42. The smallest absolute Gasteiger partial charge is 0.414 e. The number of aromatic nitrogens is 2. The fraction of sp³-hybridized carbons (Fsp3) is 0.225. The molecular formula is C40H40N4O4. The average Bonchev–Trinajstić information content (AvgIpc) is 3.57. The number of ether oxygens (including phenoxy) is 2. The van der Waals surface area contributed by atoms with E-state index in [1.54, 1.807) is 18.0 Å². The second-order valence-corrected chi connectivity index (χ2v) is 12.8. The highest BCUT2D eigenvalue weighted by molar-refractivity contribution is 5.99. The highest BCUT2D eigenvalue weighted by atomic mass is 16.6. The lowest BCUT2D eigenvalue weighted by Gasteiger charge is -2.37. The molecule has 0 spiro atoms. The number of amides is 2. The molecule has 2 heterocycles. The zero-order chi connectivity index (χ0) is 33.9. The molecule has 0 saturated carbocycles. The van der Waals surface area contributed by atoms with E-state index in [0.29, 0.717) is 24.3 Å². The van der Waals surface area contributed by atoms with Crippen LogP contribution in [0.25, 0.3) is 11.6 Å². The topological polar surface area (TPSA) is 76.9 Å². The Labute approximate surface area is 281 Å². The van der Waals surface area contributed by atoms with Crippen molar-refractivity contribution in [3.05, 3.63) is 150 Å². The second-order valence-electron chi connectivity index (χ2n) is 12.8. The largest absolute Gasteiger partial charge is 0.452 e. The molecule has 1 aromatic heterocycles. The van der Waals surface area contributed by atoms with Gasteiger partial charge in [0, 0.05) is 31.0 Å². The van der Waals surface area contributed by atoms with E-state index in [2.05, 4.69) is 89.6 Å². The van der Waals surface area contributed by atoms with Gasteiger partial charge in [-0.05, 0) is 73.7 Å². The van der Waals surface area contributed by atoms with Crippen molar-refractivity contribution in [1.82, 2.24) is 9.55 Å². The quantitative estimate of drug-likeness (QED) is 0.174. The van der Waals surface area contributed by atoms with Crippen LogP contribution in [-0.4, -0.2) is 48.0 Å². The summed E-state index contributed by atoms with van der Waals surface area (Å²) in [6.45, 7) is 5.99. The minimum atomic E-state index is -0.693. The van der Waals surface area contributed by atoms with Crippen molar-refractivity contribution < 1.29 is 19.1 Å². The van der Waals surface area contributed by atoms with Crippen LogP contribution in [0.2, 0.25) is 0 Å². The number of carbonyl (C=O) groups is 2. The van der Waals surface area contributed by atoms with Gasteiger partial charge in [0.25, 0.3) is 0 Å². The van der Waals surface area contributed by atoms with E-state index < -0.39 is 23.3 Å². The third kappa shape index (κ3) is 6.21. The molecule has 0 atom stereocenters. The van der Waals surface area contributed by atoms with Crippen LogP contribution in [0, 0.1) is 0 Å². The molecular weight excluding hydrogens is 600 g/mol. The number of imidazole rings is 1. The van der Waals surface area contributed by atoms with Crippen LogP contribution in [0.15, 0.2) is 122 Å². The number of carbonyl (C=O) groups excluding carboxylic acids is 2. The number of methoxy groups -OCH3 is 1. The maximum atomic E-state index is 13.3. The van der Waals surface area contributed by atoms with Crippen LogP contribution in [0.3, 0.4) is 0 Å². The molecule has 48 heavy (non-hydrogen) atoms. The maximum absolute atomic E-state index is 13.3. The SMILES string of the molecule is COC(=O)N(C)c1ccc2c(c1)/C(=C/c1cn(C(c3ccccc3)(c3ccccc3)c3ccccc3)cn1)CCN2C(=O)OC(C)(C)C. The molecule has 0 saturated heterocycles. The molecule has 6 rings (SSSR count). The third-order valence-electron chi connectivity index (χ3n) is 8.56. The number of fused-ring (bicyclic) bond motifs is 1. The van der Waals surface area contributed by atoms with Crippen LogP contribution in [0.4, 0.5) is 21.0 Å². The van der Waals surface area contributed by atoms with Gasteiger partial charge in [0.2, 0.25) is 0 Å². The first-order chi connectivity index (χ1) is 23.1. The van der Waals surface area contributed by atoms with Crippen LogP contribution in [0.1, 0.15) is 55.1 Å². The molecule has 8 heteroatoms. The number of benzene rings is 4. The van der Waals surface area contributed by atoms with E-state index in [1.807, 2.05) is 57.4 Å². The van der Waals surface area contributed by atoms with Crippen molar-refractivity contribution in [1.29, 1.82) is 0 Å². The summed E-state index contributed by atoms with van der Waals surface area (Å²) >= 11 is 0. The molecule has 0 unspecified atom stereocenters. The Morgan fingerprint density at radius 1 is 0.833 bits per heavy atom. The molecule has 0 bridgehead atoms. The molecule has 0 N–H and O–H groups in total. The molecule has 0 fully saturated rings. The van der Waals surface area contributed by atoms with Crippen LogP contribution in [-0.2, 0) is 15.0 Å². The van der Waals surface area contributed by atoms with Crippen molar-refractivity contribution in [3.63, 3.8) is 0 Å². The summed E-state index contributed by atoms with van der Waals surface area (Å²) in [4.78, 5) is 33.8. The fourth-order valence-electron chi connectivity index (χ4n) is 6.37. The van der Waals surface area contributed by atoms with Gasteiger partial charge in [-0.2, -0.15) is 0 Å². The van der Waals surface area contributed by atoms with Crippen molar-refractivity contribution in [2.45, 2.75) is 38.3 Å². The Morgan fingerprint density at radius 3 is 1.92 bits per heavy atom. The predicted octanol–water partition coefficient (Wildman–Crippen LogP) is 8.61. The molecule has 5 aromatic rings. The fourth-order valence-corrected chi connectivity index (χ4v) is 6.37. The zero-order valence-electron chi connectivity index (χ0n) is 28.0. The van der Waals surface area contributed by atoms with Gasteiger partial charge in [-0.25, -0.2) is 14.6 Å². The molecule has 0 radical (unpaired) electrons. The monoisotopic (exact) mass is 640 g/mol. The Hall–Kier alpha value is -5.63. The minimum Gasteiger partial charge on any atom is -0.452 e. The van der Waals surface area contributed by atoms with Crippen molar-refractivity contribution in [2.75, 3.05) is 30.5 Å². The standard InChI is InChI=1S/C40H40N4O4/c1-39(2,3)48-38(46)44-24-23-29(35-26-34(21-22-36(35)44)42(4)37(45)47-5)25-33-27-43(28-41-33)40(30-15-9-6-10-16-30,31-17-11-7-12-18-31)32-19-13-8-14-20-32/h6-22,25-28H,23-24H2,1-5H3/b29-25+. The second kappa shape index (κ2) is 13.2. The lowest BCUT2D eigenvalue weighted by Crippen LogP contribution is -2.39. The van der Waals surface area contributed by atoms with Gasteiger partial charge in [-0.1, -0.05) is 91.0 Å². The molecule has 4 aromatic carbocycles. The summed E-state index contributed by atoms with van der Waals surface area (Å²) in [7, 11) is 3.01. The van der Waals surface area contributed by atoms with E-state index in [1.165, 1.54) is 12.0 Å². The van der Waals surface area contributed by atoms with Gasteiger partial charge < -0.3 is 14.0 Å². The Morgan fingerprint density at radius 2 is 1.40 bits per heavy atom. The van der Waals surface area contributed by atoms with Crippen molar-refractivity contribution in [3.8, 4) is 0 Å². The van der Waals surface area contributed by atoms with Gasteiger partial charge in [0.1, 0.15) is 11.1 Å². The first kappa shape index (κ1) is 32.3. The van der Waals surface area contributed by atoms with E-state index in [-0.39, 0.29) is 0 Å². The van der Waals surface area contributed by atoms with Gasteiger partial charge in [0.05, 0.1) is 24.8 Å². The first-order valence-electron chi connectivity index (χ1n) is 16.0. The molecule has 1 aliphatic heterocycles. The summed E-state index contributed by atoms with van der Waals surface area (Å²) in [5.74, 6) is 0. The molecule has 244 valence electrons. The van der Waals surface area contributed by atoms with E-state index in [0.717, 1.165) is 33.5 Å². The van der Waals surface area contributed by atoms with Crippen molar-refractivity contribution >= 4 is 35.2 Å². The Kier molecular flexibility index (Phi) is 8.91. The molecule has 2 amide bonds. The summed E-state index contributed by atoms with van der Waals surface area (Å²) in [5.41, 5.74) is 5.88. The van der Waals surface area contributed by atoms with Crippen LogP contribution >= 0.6 is 0 Å². The highest BCUT2D eigenvalue weighted by Gasteiger charge is 2.38. The summed E-state index contributed by atoms with van der Waals surface area (Å²) in [6, 6.07) is 37.0. The number of nitrogens with zero attached hydrogens (tertiary/aromatic N) is 4. The predicted molar refractivity (Wildman–Crippen MR) is 190 cm³/mol. The maximum Gasteiger partial charge on any atom is 0.414 e. The normalized spacial score (nSPS) is 13.9. The van der Waals surface area contributed by atoms with Gasteiger partial charge in [-0.3, -0.25) is 9.80 Å². The van der Waals surface area contributed by atoms with E-state index in [9.17, 15) is 9.59 Å². The van der Waals surface area contributed by atoms with Crippen LogP contribution < -0.4 is 9.80 Å². The lowest BCUT2D eigenvalue weighted by molar-refractivity contribution is 0.0580. The number of rotatable bonds is 6. The minimum absolute atomic E-state index is 0.417. The summed E-state index contributed by atoms with van der Waals surface area (Å²) in [5, 5.41) is 0. The van der Waals surface area contributed by atoms with E-state index >= 15 is 0 Å². The average molecular weight is 641 g/mol. The molecule has 1 aliphatic rings. The first-order valence-corrected chi connectivity index (χ1v) is 16.0. The third-order valence-corrected chi connectivity index (χ3v) is 8.56. The zero-order valence-corrected chi connectivity index (χ0v) is 28.0. The Balaban J connectivity index is 1.49. The number of anilines is 2. The summed E-state index contributed by atoms with van der Waals surface area (Å²) in [6.07, 6.45) is 5.68. The van der Waals surface area contributed by atoms with E-state index in [4.69, 9.17) is 14.5 Å². The van der Waals surface area contributed by atoms with Gasteiger partial charge >= 0.3 is 12.2 Å². The van der Waals surface area contributed by atoms with Gasteiger partial charge in [0.15, 0.2) is 0 Å². The lowest BCUT2D eigenvalue weighted by atomic mass is 9.77. The Bertz CT molecular complexity index is 1830. The molecule has 8 nitrogen and oxygen atoms in total. The summed E-state index contributed by atoms with van der Waals surface area (Å²) < 4.78 is 12.9. The van der Waals surface area contributed by atoms with Crippen molar-refractivity contribution in [2.24, 2.45) is 0 Å². The molecule has 0 aliphatic carbocycles. The number of hydrogen-bond donors (Lipinski definition) is 0.